The highest BCUT2D eigenvalue weighted by atomic mass is 16.5. The minimum Gasteiger partial charge on any atom is -0.448 e. The largest absolute Gasteiger partial charge is 0.448 e. The molecule has 7 nitrogen and oxygen atoms in total. The first kappa shape index (κ1) is 18.4. The number of rotatable bonds is 4. The number of H-pyrrole nitrogens is 1. The summed E-state index contributed by atoms with van der Waals surface area (Å²) >= 11 is 0. The lowest BCUT2D eigenvalue weighted by atomic mass is 9.84. The Morgan fingerprint density at radius 1 is 0.897 bits per heavy atom. The predicted octanol–water partition coefficient (Wildman–Crippen LogP) is 2.97. The van der Waals surface area contributed by atoms with Crippen LogP contribution in [0.5, 0.6) is 0 Å². The smallest absolute Gasteiger partial charge is 0.355 e. The zero-order chi connectivity index (χ0) is 20.5. The van der Waals surface area contributed by atoms with Crippen LogP contribution in [0, 0.1) is 0 Å². The summed E-state index contributed by atoms with van der Waals surface area (Å²) in [5, 5.41) is 2.61. The van der Waals surface area contributed by atoms with Crippen molar-refractivity contribution < 1.29 is 23.9 Å². The normalized spacial score (nSPS) is 13.3. The van der Waals surface area contributed by atoms with Crippen molar-refractivity contribution in [3.63, 3.8) is 0 Å². The summed E-state index contributed by atoms with van der Waals surface area (Å²) in [6.45, 7) is 1.44. The second kappa shape index (κ2) is 7.20. The van der Waals surface area contributed by atoms with Crippen LogP contribution in [-0.2, 0) is 9.53 Å². The molecule has 29 heavy (non-hydrogen) atoms. The zero-order valence-corrected chi connectivity index (χ0v) is 15.4. The Kier molecular flexibility index (Phi) is 4.56. The molecule has 4 rings (SSSR count). The number of aromatic nitrogens is 1. The number of esters is 1. The number of aromatic amines is 1. The van der Waals surface area contributed by atoms with Gasteiger partial charge in [0.25, 0.3) is 5.91 Å². The van der Waals surface area contributed by atoms with Gasteiger partial charge >= 0.3 is 5.97 Å². The van der Waals surface area contributed by atoms with Crippen LogP contribution in [0.25, 0.3) is 0 Å². The number of anilines is 1. The van der Waals surface area contributed by atoms with Gasteiger partial charge in [-0.3, -0.25) is 14.4 Å². The number of ketones is 2. The van der Waals surface area contributed by atoms with Gasteiger partial charge < -0.3 is 15.0 Å². The summed E-state index contributed by atoms with van der Waals surface area (Å²) in [6, 6.07) is 14.3. The lowest BCUT2D eigenvalue weighted by Crippen LogP contribution is -2.30. The summed E-state index contributed by atoms with van der Waals surface area (Å²) < 4.78 is 5.12. The molecule has 0 saturated carbocycles. The highest BCUT2D eigenvalue weighted by Gasteiger charge is 2.29. The van der Waals surface area contributed by atoms with E-state index >= 15 is 0 Å². The van der Waals surface area contributed by atoms with Crippen LogP contribution in [0.15, 0.2) is 60.8 Å². The minimum atomic E-state index is -1.06. The summed E-state index contributed by atoms with van der Waals surface area (Å²) in [5.41, 5.74) is 1.78. The van der Waals surface area contributed by atoms with Gasteiger partial charge in [0.1, 0.15) is 5.69 Å². The van der Waals surface area contributed by atoms with Gasteiger partial charge in [0.05, 0.1) is 0 Å². The van der Waals surface area contributed by atoms with Crippen molar-refractivity contribution in [2.75, 3.05) is 5.32 Å². The Bertz CT molecular complexity index is 1150. The summed E-state index contributed by atoms with van der Waals surface area (Å²) in [5.74, 6) is -1.72. The van der Waals surface area contributed by atoms with Crippen LogP contribution in [0.2, 0.25) is 0 Å². The van der Waals surface area contributed by atoms with E-state index in [1.54, 1.807) is 36.5 Å². The highest BCUT2D eigenvalue weighted by Crippen LogP contribution is 2.29. The first-order chi connectivity index (χ1) is 14.0. The fourth-order valence-electron chi connectivity index (χ4n) is 3.16. The van der Waals surface area contributed by atoms with Crippen LogP contribution < -0.4 is 5.32 Å². The van der Waals surface area contributed by atoms with Crippen LogP contribution >= 0.6 is 0 Å². The van der Waals surface area contributed by atoms with E-state index in [4.69, 9.17) is 4.74 Å². The zero-order valence-electron chi connectivity index (χ0n) is 15.4. The molecule has 1 heterocycles. The number of nitrogens with one attached hydrogen (secondary N) is 2. The number of ether oxygens (including phenoxy) is 1. The summed E-state index contributed by atoms with van der Waals surface area (Å²) in [7, 11) is 0. The molecule has 0 saturated heterocycles. The lowest BCUT2D eigenvalue weighted by molar-refractivity contribution is -0.123. The van der Waals surface area contributed by atoms with Crippen molar-refractivity contribution in [2.45, 2.75) is 13.0 Å². The molecule has 0 unspecified atom stereocenters. The van der Waals surface area contributed by atoms with Gasteiger partial charge in [-0.15, -0.1) is 0 Å². The van der Waals surface area contributed by atoms with E-state index in [0.717, 1.165) is 0 Å². The van der Waals surface area contributed by atoms with Gasteiger partial charge in [-0.25, -0.2) is 4.79 Å². The van der Waals surface area contributed by atoms with Crippen LogP contribution in [-0.4, -0.2) is 34.5 Å². The predicted molar refractivity (Wildman–Crippen MR) is 104 cm³/mol. The van der Waals surface area contributed by atoms with Crippen molar-refractivity contribution in [2.24, 2.45) is 0 Å². The molecular weight excluding hydrogens is 372 g/mol. The topological polar surface area (TPSA) is 105 Å². The van der Waals surface area contributed by atoms with E-state index in [-0.39, 0.29) is 28.4 Å². The molecule has 3 aromatic rings. The van der Waals surface area contributed by atoms with Gasteiger partial charge in [0.15, 0.2) is 17.7 Å². The molecule has 0 aliphatic heterocycles. The maximum absolute atomic E-state index is 12.8. The summed E-state index contributed by atoms with van der Waals surface area (Å²) in [4.78, 5) is 52.4. The van der Waals surface area contributed by atoms with Gasteiger partial charge in [0.2, 0.25) is 0 Å². The molecule has 0 fully saturated rings. The average Bonchev–Trinajstić information content (AvgIpc) is 3.27. The Balaban J connectivity index is 1.52. The third-order valence-electron chi connectivity index (χ3n) is 4.66. The van der Waals surface area contributed by atoms with Crippen LogP contribution in [0.1, 0.15) is 49.3 Å². The first-order valence-electron chi connectivity index (χ1n) is 8.93. The van der Waals surface area contributed by atoms with Crippen molar-refractivity contribution in [1.29, 1.82) is 0 Å². The monoisotopic (exact) mass is 388 g/mol. The molecular formula is C22H16N2O5. The number of benzene rings is 2. The Hall–Kier alpha value is -4.00. The second-order valence-electron chi connectivity index (χ2n) is 6.58. The first-order valence-corrected chi connectivity index (χ1v) is 8.93. The molecule has 2 N–H and O–H groups in total. The van der Waals surface area contributed by atoms with E-state index in [1.165, 1.54) is 31.2 Å². The van der Waals surface area contributed by atoms with E-state index in [9.17, 15) is 19.2 Å². The van der Waals surface area contributed by atoms with Gasteiger partial charge in [0, 0.05) is 34.1 Å². The highest BCUT2D eigenvalue weighted by molar-refractivity contribution is 6.28. The Morgan fingerprint density at radius 2 is 1.55 bits per heavy atom. The van der Waals surface area contributed by atoms with Crippen LogP contribution in [0.4, 0.5) is 5.69 Å². The third kappa shape index (κ3) is 3.34. The van der Waals surface area contributed by atoms with Crippen molar-refractivity contribution in [1.82, 2.24) is 4.98 Å². The third-order valence-corrected chi connectivity index (χ3v) is 4.66. The molecule has 7 heteroatoms. The van der Waals surface area contributed by atoms with Gasteiger partial charge in [-0.05, 0) is 37.3 Å². The molecule has 1 amide bonds. The molecule has 0 spiro atoms. The van der Waals surface area contributed by atoms with E-state index in [0.29, 0.717) is 16.8 Å². The van der Waals surface area contributed by atoms with E-state index in [2.05, 4.69) is 10.3 Å². The number of carbonyl (C=O) groups excluding carboxylic acids is 4. The molecule has 0 bridgehead atoms. The van der Waals surface area contributed by atoms with E-state index in [1.807, 2.05) is 0 Å². The fraction of sp³-hybridized carbons (Fsp3) is 0.0909. The van der Waals surface area contributed by atoms with E-state index < -0.39 is 18.0 Å². The second-order valence-corrected chi connectivity index (χ2v) is 6.58. The van der Waals surface area contributed by atoms with Gasteiger partial charge in [-0.1, -0.05) is 24.3 Å². The fourth-order valence-corrected chi connectivity index (χ4v) is 3.16. The lowest BCUT2D eigenvalue weighted by Gasteiger charge is -2.19. The Labute approximate surface area is 165 Å². The number of fused-ring (bicyclic) bond motifs is 2. The molecule has 1 aliphatic carbocycles. The van der Waals surface area contributed by atoms with Gasteiger partial charge in [-0.2, -0.15) is 0 Å². The molecule has 144 valence electrons. The van der Waals surface area contributed by atoms with Crippen molar-refractivity contribution in [3.8, 4) is 0 Å². The number of carbonyl (C=O) groups is 4. The number of amides is 1. The SMILES string of the molecule is C[C@@H](OC(=O)c1ccc[nH]1)C(=O)Nc1ccc2c(c1)C(=O)c1ccccc1C2=O. The maximum atomic E-state index is 12.8. The van der Waals surface area contributed by atoms with Crippen molar-refractivity contribution in [3.05, 3.63) is 88.7 Å². The molecule has 1 aromatic heterocycles. The van der Waals surface area contributed by atoms with Crippen molar-refractivity contribution >= 4 is 29.1 Å². The van der Waals surface area contributed by atoms with Crippen LogP contribution in [0.3, 0.4) is 0 Å². The molecule has 2 aromatic carbocycles. The maximum Gasteiger partial charge on any atom is 0.355 e. The summed E-state index contributed by atoms with van der Waals surface area (Å²) in [6.07, 6.45) is 0.519. The number of hydrogen-bond acceptors (Lipinski definition) is 5. The molecule has 0 radical (unpaired) electrons. The minimum absolute atomic E-state index is 0.225. The standard InChI is InChI=1S/C22H16N2O5/c1-12(29-22(28)18-7-4-10-23-18)21(27)24-13-8-9-16-17(11-13)20(26)15-6-3-2-5-14(15)19(16)25/h2-12,23H,1H3,(H,24,27)/t12-/m1/s1. The quantitative estimate of drug-likeness (QED) is 0.523. The molecule has 1 aliphatic rings. The average molecular weight is 388 g/mol. The Morgan fingerprint density at radius 3 is 2.21 bits per heavy atom. The molecule has 1 atom stereocenters. The number of hydrogen-bond donors (Lipinski definition) is 2.